The van der Waals surface area contributed by atoms with Crippen LogP contribution in [0, 0.1) is 5.92 Å². The maximum Gasteiger partial charge on any atom is 0.408 e. The van der Waals surface area contributed by atoms with Crippen molar-refractivity contribution in [2.45, 2.75) is 64.6 Å². The molecule has 9 nitrogen and oxygen atoms in total. The first-order valence-corrected chi connectivity index (χ1v) is 11.5. The minimum absolute atomic E-state index is 0.0707. The molecule has 33 heavy (non-hydrogen) atoms. The standard InChI is InChI=1S/C24H35N3O6/c1-17(2)15-20(27-24(31)33-16-18-9-5-3-6-10-18)22(29)26-19-11-14-32-13-8-4-7-12-25-23(30)21(19)28/h3,5-6,9-10,17,19-20H,4,7-8,11-16H2,1-2H3,(H,25,30)(H,26,29)(H,27,31). The van der Waals surface area contributed by atoms with Gasteiger partial charge in [0.2, 0.25) is 11.7 Å². The number of carbonyl (C=O) groups excluding carboxylic acids is 4. The molecule has 1 aromatic carbocycles. The minimum Gasteiger partial charge on any atom is -0.445 e. The van der Waals surface area contributed by atoms with Crippen molar-refractivity contribution in [1.82, 2.24) is 16.0 Å². The zero-order chi connectivity index (χ0) is 24.1. The first-order chi connectivity index (χ1) is 15.9. The number of carbonyl (C=O) groups is 4. The Labute approximate surface area is 195 Å². The Morgan fingerprint density at radius 1 is 1.12 bits per heavy atom. The molecule has 0 saturated carbocycles. The normalized spacial score (nSPS) is 18.9. The number of Topliss-reactive ketones (excluding diaryl/α,β-unsaturated/α-hetero) is 1. The van der Waals surface area contributed by atoms with Crippen molar-refractivity contribution in [3.05, 3.63) is 35.9 Å². The van der Waals surface area contributed by atoms with Crippen LogP contribution in [0.1, 0.15) is 51.5 Å². The lowest BCUT2D eigenvalue weighted by Gasteiger charge is -2.24. The zero-order valence-electron chi connectivity index (χ0n) is 19.4. The summed E-state index contributed by atoms with van der Waals surface area (Å²) in [5.74, 6) is -1.90. The monoisotopic (exact) mass is 461 g/mol. The van der Waals surface area contributed by atoms with E-state index < -0.39 is 35.8 Å². The first kappa shape index (κ1) is 26.3. The molecular formula is C24H35N3O6. The highest BCUT2D eigenvalue weighted by Gasteiger charge is 2.30. The summed E-state index contributed by atoms with van der Waals surface area (Å²) >= 11 is 0. The van der Waals surface area contributed by atoms with Gasteiger partial charge in [-0.3, -0.25) is 14.4 Å². The van der Waals surface area contributed by atoms with E-state index in [2.05, 4.69) is 16.0 Å². The number of nitrogens with one attached hydrogen (secondary N) is 3. The third-order valence-electron chi connectivity index (χ3n) is 5.19. The molecule has 2 atom stereocenters. The lowest BCUT2D eigenvalue weighted by Crippen LogP contribution is -2.54. The average Bonchev–Trinajstić information content (AvgIpc) is 2.79. The number of hydrogen-bond acceptors (Lipinski definition) is 6. The Morgan fingerprint density at radius 3 is 2.61 bits per heavy atom. The lowest BCUT2D eigenvalue weighted by molar-refractivity contribution is -0.140. The molecule has 1 aliphatic rings. The van der Waals surface area contributed by atoms with Gasteiger partial charge in [0.25, 0.3) is 5.91 Å². The summed E-state index contributed by atoms with van der Waals surface area (Å²) in [7, 11) is 0. The molecule has 3 N–H and O–H groups in total. The summed E-state index contributed by atoms with van der Waals surface area (Å²) in [5, 5.41) is 7.83. The van der Waals surface area contributed by atoms with Crippen LogP contribution < -0.4 is 16.0 Å². The fourth-order valence-electron chi connectivity index (χ4n) is 3.41. The van der Waals surface area contributed by atoms with Crippen LogP contribution in [-0.2, 0) is 30.5 Å². The van der Waals surface area contributed by atoms with Crippen molar-refractivity contribution < 1.29 is 28.7 Å². The number of amides is 3. The molecule has 182 valence electrons. The summed E-state index contributed by atoms with van der Waals surface area (Å²) < 4.78 is 10.8. The Morgan fingerprint density at radius 2 is 1.88 bits per heavy atom. The molecule has 1 aromatic rings. The zero-order valence-corrected chi connectivity index (χ0v) is 19.4. The van der Waals surface area contributed by atoms with Gasteiger partial charge in [0.1, 0.15) is 12.6 Å². The molecule has 0 aromatic heterocycles. The molecule has 3 amide bonds. The summed E-state index contributed by atoms with van der Waals surface area (Å²) in [6, 6.07) is 7.25. The number of ether oxygens (including phenoxy) is 2. The second-order valence-electron chi connectivity index (χ2n) is 8.53. The van der Waals surface area contributed by atoms with Crippen LogP contribution >= 0.6 is 0 Å². The quantitative estimate of drug-likeness (QED) is 0.535. The maximum absolute atomic E-state index is 13.0. The van der Waals surface area contributed by atoms with Crippen molar-refractivity contribution in [3.63, 3.8) is 0 Å². The van der Waals surface area contributed by atoms with Gasteiger partial charge >= 0.3 is 6.09 Å². The molecule has 1 saturated heterocycles. The number of benzene rings is 1. The minimum atomic E-state index is -1.03. The van der Waals surface area contributed by atoms with Crippen molar-refractivity contribution in [3.8, 4) is 0 Å². The van der Waals surface area contributed by atoms with Gasteiger partial charge in [-0.2, -0.15) is 0 Å². The fraction of sp³-hybridized carbons (Fsp3) is 0.583. The van der Waals surface area contributed by atoms with Crippen LogP contribution in [0.2, 0.25) is 0 Å². The van der Waals surface area contributed by atoms with E-state index >= 15 is 0 Å². The first-order valence-electron chi connectivity index (χ1n) is 11.5. The van der Waals surface area contributed by atoms with Crippen LogP contribution in [0.15, 0.2) is 30.3 Å². The number of rotatable bonds is 7. The second-order valence-corrected chi connectivity index (χ2v) is 8.53. The summed E-state index contributed by atoms with van der Waals surface area (Å²) in [6.45, 7) is 5.11. The van der Waals surface area contributed by atoms with E-state index in [1.165, 1.54) is 0 Å². The highest BCUT2D eigenvalue weighted by molar-refractivity contribution is 6.38. The highest BCUT2D eigenvalue weighted by Crippen LogP contribution is 2.08. The molecule has 0 aliphatic carbocycles. The van der Waals surface area contributed by atoms with Crippen molar-refractivity contribution in [2.24, 2.45) is 5.92 Å². The van der Waals surface area contributed by atoms with Crippen molar-refractivity contribution in [2.75, 3.05) is 19.8 Å². The molecule has 2 rings (SSSR count). The van der Waals surface area contributed by atoms with Crippen molar-refractivity contribution in [1.29, 1.82) is 0 Å². The van der Waals surface area contributed by atoms with E-state index in [0.29, 0.717) is 19.6 Å². The Hall–Kier alpha value is -2.94. The third-order valence-corrected chi connectivity index (χ3v) is 5.19. The Balaban J connectivity index is 2.00. The van der Waals surface area contributed by atoms with E-state index in [-0.39, 0.29) is 25.6 Å². The molecule has 9 heteroatoms. The van der Waals surface area contributed by atoms with E-state index in [4.69, 9.17) is 9.47 Å². The molecule has 1 heterocycles. The number of ketones is 1. The second kappa shape index (κ2) is 14.3. The van der Waals surface area contributed by atoms with Crippen LogP contribution in [-0.4, -0.2) is 55.5 Å². The summed E-state index contributed by atoms with van der Waals surface area (Å²) in [5.41, 5.74) is 0.822. The van der Waals surface area contributed by atoms with E-state index in [1.54, 1.807) is 0 Å². The molecule has 1 aliphatic heterocycles. The van der Waals surface area contributed by atoms with Gasteiger partial charge in [0.05, 0.1) is 6.04 Å². The Kier molecular flexibility index (Phi) is 11.4. The SMILES string of the molecule is CC(C)CC(NC(=O)OCc1ccccc1)C(=O)NC1CCOCCCCCNC(=O)C1=O. The predicted octanol–water partition coefficient (Wildman–Crippen LogP) is 2.09. The number of alkyl carbamates (subject to hydrolysis) is 1. The summed E-state index contributed by atoms with van der Waals surface area (Å²) in [4.78, 5) is 50.1. The largest absolute Gasteiger partial charge is 0.445 e. The summed E-state index contributed by atoms with van der Waals surface area (Å²) in [6.07, 6.45) is 2.31. The maximum atomic E-state index is 13.0. The molecular weight excluding hydrogens is 426 g/mol. The van der Waals surface area contributed by atoms with E-state index in [9.17, 15) is 19.2 Å². The van der Waals surface area contributed by atoms with Gasteiger partial charge in [-0.25, -0.2) is 4.79 Å². The van der Waals surface area contributed by atoms with Crippen LogP contribution in [0.4, 0.5) is 4.79 Å². The van der Waals surface area contributed by atoms with E-state index in [0.717, 1.165) is 24.8 Å². The van der Waals surface area contributed by atoms with Gasteiger partial charge in [0.15, 0.2) is 0 Å². The van der Waals surface area contributed by atoms with Gasteiger partial charge in [-0.15, -0.1) is 0 Å². The third kappa shape index (κ3) is 10.0. The molecule has 2 unspecified atom stereocenters. The fourth-order valence-corrected chi connectivity index (χ4v) is 3.41. The smallest absolute Gasteiger partial charge is 0.408 e. The van der Waals surface area contributed by atoms with E-state index in [1.807, 2.05) is 44.2 Å². The molecule has 0 bridgehead atoms. The molecule has 0 radical (unpaired) electrons. The van der Waals surface area contributed by atoms with Gasteiger partial charge in [0, 0.05) is 19.8 Å². The average molecular weight is 462 g/mol. The van der Waals surface area contributed by atoms with Crippen molar-refractivity contribution >= 4 is 23.7 Å². The topological polar surface area (TPSA) is 123 Å². The van der Waals surface area contributed by atoms with Gasteiger partial charge in [-0.05, 0) is 43.6 Å². The molecule has 0 spiro atoms. The van der Waals surface area contributed by atoms with Crippen LogP contribution in [0.25, 0.3) is 0 Å². The molecule has 1 fully saturated rings. The van der Waals surface area contributed by atoms with Gasteiger partial charge < -0.3 is 25.4 Å². The predicted molar refractivity (Wildman–Crippen MR) is 122 cm³/mol. The lowest BCUT2D eigenvalue weighted by atomic mass is 10.0. The van der Waals surface area contributed by atoms with Crippen LogP contribution in [0.3, 0.4) is 0 Å². The highest BCUT2D eigenvalue weighted by atomic mass is 16.5. The van der Waals surface area contributed by atoms with Crippen LogP contribution in [0.5, 0.6) is 0 Å². The Bertz CT molecular complexity index is 784. The number of hydrogen-bond donors (Lipinski definition) is 3. The van der Waals surface area contributed by atoms with Gasteiger partial charge in [-0.1, -0.05) is 44.2 Å².